The number of thioether (sulfide) groups is 1. The fourth-order valence-corrected chi connectivity index (χ4v) is 3.95. The second-order valence-corrected chi connectivity index (χ2v) is 8.27. The van der Waals surface area contributed by atoms with Crippen LogP contribution in [0.4, 0.5) is 24.5 Å². The Hall–Kier alpha value is -3.84. The molecule has 35 heavy (non-hydrogen) atoms. The van der Waals surface area contributed by atoms with Crippen molar-refractivity contribution in [2.75, 3.05) is 11.1 Å². The number of rotatable bonds is 7. The molecule has 14 heteroatoms. The number of aromatic nitrogens is 3. The number of nitrogens with zero attached hydrogens (tertiary/aromatic N) is 4. The Labute approximate surface area is 204 Å². The maximum Gasteiger partial charge on any atom is 0.416 e. The Morgan fingerprint density at radius 2 is 1.91 bits per heavy atom. The molecule has 0 bridgehead atoms. The lowest BCUT2D eigenvalue weighted by Crippen LogP contribution is -2.14. The number of nitro groups is 1. The summed E-state index contributed by atoms with van der Waals surface area (Å²) < 4.78 is 46.7. The Bertz CT molecular complexity index is 1370. The molecule has 1 N–H and O–H groups in total. The van der Waals surface area contributed by atoms with Gasteiger partial charge in [0.15, 0.2) is 10.9 Å². The van der Waals surface area contributed by atoms with E-state index in [1.807, 2.05) is 0 Å². The number of benzene rings is 2. The maximum absolute atomic E-state index is 13.3. The van der Waals surface area contributed by atoms with Gasteiger partial charge in [-0.05, 0) is 42.5 Å². The molecular weight excluding hydrogens is 511 g/mol. The molecule has 0 radical (unpaired) electrons. The van der Waals surface area contributed by atoms with Crippen LogP contribution in [0.3, 0.4) is 0 Å². The molecule has 180 valence electrons. The Morgan fingerprint density at radius 3 is 2.54 bits per heavy atom. The highest BCUT2D eigenvalue weighted by atomic mass is 35.5. The summed E-state index contributed by atoms with van der Waals surface area (Å²) in [6.07, 6.45) is -3.25. The number of furan rings is 1. The van der Waals surface area contributed by atoms with Gasteiger partial charge in [-0.25, -0.2) is 0 Å². The van der Waals surface area contributed by atoms with Crippen LogP contribution < -0.4 is 5.32 Å². The summed E-state index contributed by atoms with van der Waals surface area (Å²) in [6, 6.07) is 11.2. The van der Waals surface area contributed by atoms with Crippen molar-refractivity contribution >= 4 is 40.6 Å². The fourth-order valence-electron chi connectivity index (χ4n) is 3.00. The van der Waals surface area contributed by atoms with Crippen LogP contribution in [0.1, 0.15) is 5.56 Å². The SMILES string of the molecule is O=C(CSc1nnc(-c2ccco2)n1-c1cc(C(F)(F)F)ccc1Cl)Nc1ccc([N+](=O)[O-])cc1. The molecule has 9 nitrogen and oxygen atoms in total. The lowest BCUT2D eigenvalue weighted by atomic mass is 10.2. The molecule has 0 aliphatic heterocycles. The zero-order chi connectivity index (χ0) is 25.2. The zero-order valence-electron chi connectivity index (χ0n) is 17.3. The van der Waals surface area contributed by atoms with Crippen molar-refractivity contribution in [3.05, 3.63) is 81.6 Å². The quantitative estimate of drug-likeness (QED) is 0.184. The van der Waals surface area contributed by atoms with Gasteiger partial charge in [-0.1, -0.05) is 23.4 Å². The second-order valence-electron chi connectivity index (χ2n) is 6.92. The number of halogens is 4. The van der Waals surface area contributed by atoms with Crippen LogP contribution in [0.15, 0.2) is 70.4 Å². The van der Waals surface area contributed by atoms with Crippen LogP contribution in [-0.2, 0) is 11.0 Å². The number of amides is 1. The van der Waals surface area contributed by atoms with Gasteiger partial charge in [0.2, 0.25) is 11.7 Å². The van der Waals surface area contributed by atoms with Crippen molar-refractivity contribution in [2.24, 2.45) is 0 Å². The highest BCUT2D eigenvalue weighted by molar-refractivity contribution is 7.99. The molecule has 0 unspecified atom stereocenters. The number of non-ortho nitro benzene ring substituents is 1. The number of carbonyl (C=O) groups is 1. The van der Waals surface area contributed by atoms with Crippen LogP contribution in [0.5, 0.6) is 0 Å². The molecule has 0 aliphatic carbocycles. The fraction of sp³-hybridized carbons (Fsp3) is 0.0952. The van der Waals surface area contributed by atoms with Gasteiger partial charge in [0.05, 0.1) is 33.2 Å². The third kappa shape index (κ3) is 5.46. The first kappa shape index (κ1) is 24.3. The van der Waals surface area contributed by atoms with Crippen LogP contribution in [0, 0.1) is 10.1 Å². The van der Waals surface area contributed by atoms with Gasteiger partial charge in [-0.2, -0.15) is 13.2 Å². The predicted molar refractivity (Wildman–Crippen MR) is 122 cm³/mol. The molecule has 0 saturated carbocycles. The van der Waals surface area contributed by atoms with Crippen LogP contribution in [0.25, 0.3) is 17.3 Å². The second kappa shape index (κ2) is 9.80. The minimum atomic E-state index is -4.61. The van der Waals surface area contributed by atoms with Gasteiger partial charge in [-0.3, -0.25) is 19.5 Å². The maximum atomic E-state index is 13.3. The minimum absolute atomic E-state index is 0.00258. The number of nitrogens with one attached hydrogen (secondary N) is 1. The van der Waals surface area contributed by atoms with E-state index < -0.39 is 22.6 Å². The summed E-state index contributed by atoms with van der Waals surface area (Å²) in [5.41, 5.74) is -0.771. The van der Waals surface area contributed by atoms with Crippen molar-refractivity contribution in [1.29, 1.82) is 0 Å². The summed E-state index contributed by atoms with van der Waals surface area (Å²) in [4.78, 5) is 22.6. The molecule has 2 aromatic carbocycles. The molecule has 0 atom stereocenters. The highest BCUT2D eigenvalue weighted by Crippen LogP contribution is 2.36. The number of carbonyl (C=O) groups excluding carboxylic acids is 1. The average Bonchev–Trinajstić information content (AvgIpc) is 3.47. The van der Waals surface area contributed by atoms with Gasteiger partial charge < -0.3 is 9.73 Å². The van der Waals surface area contributed by atoms with Crippen molar-refractivity contribution in [2.45, 2.75) is 11.3 Å². The molecule has 0 aliphatic rings. The number of hydrogen-bond acceptors (Lipinski definition) is 7. The smallest absolute Gasteiger partial charge is 0.416 e. The first-order valence-electron chi connectivity index (χ1n) is 9.67. The third-order valence-electron chi connectivity index (χ3n) is 4.58. The Kier molecular flexibility index (Phi) is 6.80. The first-order valence-corrected chi connectivity index (χ1v) is 11.0. The van der Waals surface area contributed by atoms with Gasteiger partial charge in [0.25, 0.3) is 5.69 Å². The van der Waals surface area contributed by atoms with E-state index in [1.54, 1.807) is 12.1 Å². The van der Waals surface area contributed by atoms with Gasteiger partial charge in [0, 0.05) is 17.8 Å². The monoisotopic (exact) mass is 523 g/mol. The summed E-state index contributed by atoms with van der Waals surface area (Å²) in [7, 11) is 0. The lowest BCUT2D eigenvalue weighted by molar-refractivity contribution is -0.384. The summed E-state index contributed by atoms with van der Waals surface area (Å²) in [5, 5.41) is 21.5. The molecule has 1 amide bonds. The van der Waals surface area contributed by atoms with Crippen molar-refractivity contribution in [3.63, 3.8) is 0 Å². The van der Waals surface area contributed by atoms with E-state index >= 15 is 0 Å². The van der Waals surface area contributed by atoms with E-state index in [1.165, 1.54) is 35.1 Å². The van der Waals surface area contributed by atoms with Crippen molar-refractivity contribution < 1.29 is 27.3 Å². The summed E-state index contributed by atoms with van der Waals surface area (Å²) in [5.74, 6) is -0.347. The Balaban J connectivity index is 1.62. The summed E-state index contributed by atoms with van der Waals surface area (Å²) in [6.45, 7) is 0. The number of nitro benzene ring substituents is 1. The van der Waals surface area contributed by atoms with E-state index in [9.17, 15) is 28.1 Å². The van der Waals surface area contributed by atoms with Crippen LogP contribution >= 0.6 is 23.4 Å². The number of anilines is 1. The van der Waals surface area contributed by atoms with Crippen molar-refractivity contribution in [3.8, 4) is 17.3 Å². The normalized spacial score (nSPS) is 11.4. The average molecular weight is 524 g/mol. The van der Waals surface area contributed by atoms with Gasteiger partial charge in [-0.15, -0.1) is 10.2 Å². The standard InChI is InChI=1S/C21H13ClF3N5O4S/c22-15-8-3-12(21(23,24)25)10-16(15)29-19(17-2-1-9-34-17)27-28-20(29)35-11-18(31)26-13-4-6-14(7-5-13)30(32)33/h1-10H,11H2,(H,26,31). The minimum Gasteiger partial charge on any atom is -0.461 e. The molecule has 0 saturated heterocycles. The first-order chi connectivity index (χ1) is 16.6. The molecule has 0 fully saturated rings. The van der Waals surface area contributed by atoms with Gasteiger partial charge >= 0.3 is 6.18 Å². The predicted octanol–water partition coefficient (Wildman–Crippen LogP) is 5.84. The number of alkyl halides is 3. The zero-order valence-corrected chi connectivity index (χ0v) is 18.9. The van der Waals surface area contributed by atoms with E-state index in [2.05, 4.69) is 15.5 Å². The van der Waals surface area contributed by atoms with E-state index in [0.29, 0.717) is 5.69 Å². The molecular formula is C21H13ClF3N5O4S. The van der Waals surface area contributed by atoms with Crippen molar-refractivity contribution in [1.82, 2.24) is 14.8 Å². The molecule has 2 heterocycles. The topological polar surface area (TPSA) is 116 Å². The van der Waals surface area contributed by atoms with E-state index in [-0.39, 0.29) is 38.9 Å². The molecule has 2 aromatic heterocycles. The van der Waals surface area contributed by atoms with Crippen LogP contribution in [0.2, 0.25) is 5.02 Å². The lowest BCUT2D eigenvalue weighted by Gasteiger charge is -2.14. The molecule has 0 spiro atoms. The Morgan fingerprint density at radius 1 is 1.17 bits per heavy atom. The molecule has 4 rings (SSSR count). The van der Waals surface area contributed by atoms with Gasteiger partial charge in [0.1, 0.15) is 0 Å². The number of hydrogen-bond donors (Lipinski definition) is 1. The summed E-state index contributed by atoms with van der Waals surface area (Å²) >= 11 is 7.14. The van der Waals surface area contributed by atoms with E-state index in [0.717, 1.165) is 30.0 Å². The highest BCUT2D eigenvalue weighted by Gasteiger charge is 2.32. The molecule has 4 aromatic rings. The van der Waals surface area contributed by atoms with Crippen LogP contribution in [-0.4, -0.2) is 31.3 Å². The third-order valence-corrected chi connectivity index (χ3v) is 5.83. The largest absolute Gasteiger partial charge is 0.461 e. The van der Waals surface area contributed by atoms with E-state index in [4.69, 9.17) is 16.0 Å².